The van der Waals surface area contributed by atoms with E-state index in [2.05, 4.69) is 16.9 Å². The Morgan fingerprint density at radius 1 is 1.55 bits per heavy atom. The first kappa shape index (κ1) is 14.0. The van der Waals surface area contributed by atoms with Crippen molar-refractivity contribution in [3.05, 3.63) is 46.1 Å². The van der Waals surface area contributed by atoms with Gasteiger partial charge in [-0.1, -0.05) is 13.3 Å². The fourth-order valence-electron chi connectivity index (χ4n) is 1.47. The maximum atomic E-state index is 10.3. The van der Waals surface area contributed by atoms with Crippen LogP contribution in [-0.2, 0) is 4.74 Å². The molecule has 2 rings (SSSR count). The van der Waals surface area contributed by atoms with Crippen LogP contribution >= 0.6 is 0 Å². The third kappa shape index (κ3) is 3.78. The van der Waals surface area contributed by atoms with Crippen LogP contribution in [0.5, 0.6) is 5.88 Å². The molecule has 20 heavy (non-hydrogen) atoms. The van der Waals surface area contributed by atoms with Gasteiger partial charge in [0.05, 0.1) is 17.6 Å². The van der Waals surface area contributed by atoms with Crippen molar-refractivity contribution in [2.24, 2.45) is 0 Å². The molecule has 1 unspecified atom stereocenters. The van der Waals surface area contributed by atoms with Crippen molar-refractivity contribution in [3.8, 4) is 5.88 Å². The predicted molar refractivity (Wildman–Crippen MR) is 71.4 cm³/mol. The molecule has 0 saturated carbocycles. The van der Waals surface area contributed by atoms with E-state index in [0.29, 0.717) is 24.1 Å². The normalized spacial score (nSPS) is 17.2. The first-order valence-electron chi connectivity index (χ1n) is 6.35. The molecular formula is C13H15N3O4. The van der Waals surface area contributed by atoms with Gasteiger partial charge in [-0.05, 0) is 18.6 Å². The zero-order valence-electron chi connectivity index (χ0n) is 11.1. The fraction of sp³-hybridized carbons (Fsp3) is 0.385. The number of aromatic nitrogens is 2. The molecule has 0 aliphatic carbocycles. The zero-order valence-corrected chi connectivity index (χ0v) is 11.1. The molecule has 1 aromatic heterocycles. The van der Waals surface area contributed by atoms with Crippen molar-refractivity contribution in [2.45, 2.75) is 26.0 Å². The molecule has 7 nitrogen and oxygen atoms in total. The summed E-state index contributed by atoms with van der Waals surface area (Å²) >= 11 is 0. The van der Waals surface area contributed by atoms with Crippen molar-refractivity contribution in [3.63, 3.8) is 0 Å². The monoisotopic (exact) mass is 277 g/mol. The third-order valence-electron chi connectivity index (χ3n) is 2.56. The molecule has 0 saturated heterocycles. The molecule has 1 aliphatic rings. The molecule has 0 fully saturated rings. The molecule has 2 heterocycles. The zero-order chi connectivity index (χ0) is 14.4. The van der Waals surface area contributed by atoms with Crippen LogP contribution in [0.3, 0.4) is 0 Å². The Kier molecular flexibility index (Phi) is 4.65. The van der Waals surface area contributed by atoms with Crippen molar-refractivity contribution in [1.82, 2.24) is 9.97 Å². The molecule has 7 heteroatoms. The van der Waals surface area contributed by atoms with Gasteiger partial charge in [0.25, 0.3) is 0 Å². The van der Waals surface area contributed by atoms with Crippen molar-refractivity contribution >= 4 is 6.08 Å². The van der Waals surface area contributed by atoms with Gasteiger partial charge in [-0.25, -0.2) is 4.98 Å². The molecule has 1 aromatic rings. The third-order valence-corrected chi connectivity index (χ3v) is 2.56. The molecule has 0 aromatic carbocycles. The highest BCUT2D eigenvalue weighted by Gasteiger charge is 2.28. The first-order valence-corrected chi connectivity index (χ1v) is 6.35. The Hall–Kier alpha value is -2.44. The van der Waals surface area contributed by atoms with Gasteiger partial charge < -0.3 is 9.47 Å². The number of nitrogens with zero attached hydrogens (tertiary/aromatic N) is 3. The average Bonchev–Trinajstić information content (AvgIpc) is 2.37. The molecule has 106 valence electrons. The summed E-state index contributed by atoms with van der Waals surface area (Å²) in [6, 6.07) is 1.69. The number of allylic oxidation sites excluding steroid dienone is 1. The minimum atomic E-state index is -1.04. The van der Waals surface area contributed by atoms with Gasteiger partial charge in [0.15, 0.2) is 5.82 Å². The number of rotatable bonds is 7. The highest BCUT2D eigenvalue weighted by atomic mass is 16.7. The van der Waals surface area contributed by atoms with Crippen LogP contribution in [0.2, 0.25) is 0 Å². The van der Waals surface area contributed by atoms with Crippen molar-refractivity contribution < 1.29 is 14.4 Å². The first-order chi connectivity index (χ1) is 9.69. The number of ether oxygens (including phenoxy) is 2. The summed E-state index contributed by atoms with van der Waals surface area (Å²) in [6.07, 6.45) is 7.21. The second-order valence-electron chi connectivity index (χ2n) is 4.15. The van der Waals surface area contributed by atoms with E-state index >= 15 is 0 Å². The Labute approximate surface area is 116 Å². The van der Waals surface area contributed by atoms with E-state index in [-0.39, 0.29) is 0 Å². The second-order valence-corrected chi connectivity index (χ2v) is 4.15. The summed E-state index contributed by atoms with van der Waals surface area (Å²) in [5.41, 5.74) is 0. The van der Waals surface area contributed by atoms with Crippen LogP contribution in [0, 0.1) is 10.1 Å². The molecule has 0 amide bonds. The summed E-state index contributed by atoms with van der Waals surface area (Å²) in [5.74, 6) is 1.42. The molecule has 0 radical (unpaired) electrons. The molecule has 0 spiro atoms. The number of nitro groups is 1. The smallest absolute Gasteiger partial charge is 0.377 e. The number of unbranched alkanes of at least 4 members (excludes halogenated alkanes) is 1. The van der Waals surface area contributed by atoms with Gasteiger partial charge in [0.2, 0.25) is 5.88 Å². The fourth-order valence-corrected chi connectivity index (χ4v) is 1.47. The van der Waals surface area contributed by atoms with E-state index in [1.807, 2.05) is 0 Å². The topological polar surface area (TPSA) is 87.4 Å². The standard InChI is InChI=1S/C13H15N3O4/c1-2-3-8-19-12-6-7-14-11(15-12)5-4-10-9-13(20-10)16(17)18/h4-7,9,13H,2-3,8H2,1H3/b5-4+. The molecular weight excluding hydrogens is 262 g/mol. The van der Waals surface area contributed by atoms with Gasteiger partial charge >= 0.3 is 6.23 Å². The van der Waals surface area contributed by atoms with Gasteiger partial charge in [-0.15, -0.1) is 0 Å². The minimum absolute atomic E-state index is 0.438. The van der Waals surface area contributed by atoms with Crippen LogP contribution < -0.4 is 4.74 Å². The molecule has 1 atom stereocenters. The van der Waals surface area contributed by atoms with Crippen LogP contribution in [0.15, 0.2) is 30.2 Å². The summed E-state index contributed by atoms with van der Waals surface area (Å²) in [7, 11) is 0. The van der Waals surface area contributed by atoms with Gasteiger partial charge in [-0.2, -0.15) is 4.98 Å². The Bertz CT molecular complexity index is 542. The van der Waals surface area contributed by atoms with Crippen LogP contribution in [0.1, 0.15) is 25.6 Å². The predicted octanol–water partition coefficient (Wildman–Crippen LogP) is 2.19. The lowest BCUT2D eigenvalue weighted by atomic mass is 10.3. The summed E-state index contributed by atoms with van der Waals surface area (Å²) in [4.78, 5) is 18.1. The molecule has 0 bridgehead atoms. The maximum absolute atomic E-state index is 10.3. The Balaban J connectivity index is 1.91. The van der Waals surface area contributed by atoms with E-state index < -0.39 is 11.2 Å². The van der Waals surface area contributed by atoms with E-state index in [1.165, 1.54) is 6.08 Å². The Morgan fingerprint density at radius 3 is 3.05 bits per heavy atom. The van der Waals surface area contributed by atoms with Crippen molar-refractivity contribution in [1.29, 1.82) is 0 Å². The van der Waals surface area contributed by atoms with Gasteiger partial charge in [0.1, 0.15) is 5.76 Å². The highest BCUT2D eigenvalue weighted by molar-refractivity contribution is 5.45. The van der Waals surface area contributed by atoms with Crippen LogP contribution in [0.25, 0.3) is 6.08 Å². The molecule has 1 aliphatic heterocycles. The minimum Gasteiger partial charge on any atom is -0.478 e. The average molecular weight is 277 g/mol. The largest absolute Gasteiger partial charge is 0.478 e. The van der Waals surface area contributed by atoms with E-state index in [4.69, 9.17) is 9.47 Å². The van der Waals surface area contributed by atoms with E-state index in [9.17, 15) is 10.1 Å². The van der Waals surface area contributed by atoms with E-state index in [0.717, 1.165) is 12.8 Å². The van der Waals surface area contributed by atoms with Gasteiger partial charge in [-0.3, -0.25) is 10.1 Å². The maximum Gasteiger partial charge on any atom is 0.377 e. The van der Waals surface area contributed by atoms with Crippen LogP contribution in [-0.4, -0.2) is 27.7 Å². The lowest BCUT2D eigenvalue weighted by molar-refractivity contribution is -0.565. The SMILES string of the molecule is CCCCOc1ccnc(/C=C/C2=CC([N+](=O)[O-])O2)n1. The lowest BCUT2D eigenvalue weighted by Crippen LogP contribution is -2.27. The van der Waals surface area contributed by atoms with Crippen molar-refractivity contribution in [2.75, 3.05) is 6.61 Å². The van der Waals surface area contributed by atoms with Crippen LogP contribution in [0.4, 0.5) is 0 Å². The molecule has 0 N–H and O–H groups in total. The summed E-state index contributed by atoms with van der Waals surface area (Å²) < 4.78 is 10.4. The highest BCUT2D eigenvalue weighted by Crippen LogP contribution is 2.19. The quantitative estimate of drug-likeness (QED) is 0.431. The number of hydrogen-bond acceptors (Lipinski definition) is 6. The lowest BCUT2D eigenvalue weighted by Gasteiger charge is -2.17. The van der Waals surface area contributed by atoms with E-state index in [1.54, 1.807) is 24.4 Å². The second kappa shape index (κ2) is 6.65. The number of hydrogen-bond donors (Lipinski definition) is 0. The Morgan fingerprint density at radius 2 is 2.35 bits per heavy atom. The summed E-state index contributed by atoms with van der Waals surface area (Å²) in [6.45, 7) is 2.71. The summed E-state index contributed by atoms with van der Waals surface area (Å²) in [5, 5.41) is 10.3. The van der Waals surface area contributed by atoms with Gasteiger partial charge in [0, 0.05) is 12.3 Å².